The number of carbonyl (C=O) groups excluding carboxylic acids is 1. The van der Waals surface area contributed by atoms with Crippen LogP contribution in [0.1, 0.15) is 12.5 Å². The number of amides is 1. The molecule has 0 radical (unpaired) electrons. The Morgan fingerprint density at radius 1 is 1.15 bits per heavy atom. The van der Waals surface area contributed by atoms with E-state index in [9.17, 15) is 13.2 Å². The number of halogens is 1. The minimum atomic E-state index is -3.47. The topological polar surface area (TPSA) is 84.5 Å². The Balaban J connectivity index is 2.12. The molecule has 2 N–H and O–H groups in total. The molecule has 0 spiro atoms. The molecule has 0 aliphatic heterocycles. The summed E-state index contributed by atoms with van der Waals surface area (Å²) < 4.78 is 30.5. The number of anilines is 2. The third-order valence-corrected chi connectivity index (χ3v) is 5.37. The average molecular weight is 488 g/mol. The van der Waals surface area contributed by atoms with Crippen LogP contribution < -0.4 is 15.4 Å². The molecule has 0 atom stereocenters. The zero-order valence-electron chi connectivity index (χ0n) is 14.8. The van der Waals surface area contributed by atoms with E-state index in [-0.39, 0.29) is 17.3 Å². The Morgan fingerprint density at radius 3 is 2.46 bits per heavy atom. The second kappa shape index (κ2) is 8.72. The van der Waals surface area contributed by atoms with Crippen molar-refractivity contribution < 1.29 is 17.9 Å². The Labute approximate surface area is 167 Å². The smallest absolute Gasteiger partial charge is 0.243 e. The maximum atomic E-state index is 12.2. The molecule has 0 heterocycles. The van der Waals surface area contributed by atoms with Crippen LogP contribution in [0.3, 0.4) is 0 Å². The van der Waals surface area contributed by atoms with Crippen molar-refractivity contribution in [3.63, 3.8) is 0 Å². The molecular weight excluding hydrogens is 467 g/mol. The van der Waals surface area contributed by atoms with E-state index >= 15 is 0 Å². The van der Waals surface area contributed by atoms with Crippen LogP contribution in [-0.2, 0) is 14.6 Å². The van der Waals surface area contributed by atoms with Crippen molar-refractivity contribution in [3.8, 4) is 5.75 Å². The zero-order chi connectivity index (χ0) is 19.3. The first-order chi connectivity index (χ1) is 12.2. The standard InChI is InChI=1S/C18H21IN2O4S/c1-4-25-14-6-8-16(17(10-14)26(3,23)24)20-11-18(22)21-15-7-5-13(19)9-12(15)2/h5-10,20H,4,11H2,1-3H3,(H,21,22). The molecular formula is C18H21IN2O4S. The maximum absolute atomic E-state index is 12.2. The van der Waals surface area contributed by atoms with Crippen molar-refractivity contribution in [2.24, 2.45) is 0 Å². The number of benzene rings is 2. The molecule has 0 saturated carbocycles. The number of ether oxygens (including phenoxy) is 1. The van der Waals surface area contributed by atoms with Gasteiger partial charge < -0.3 is 15.4 Å². The van der Waals surface area contributed by atoms with Crippen molar-refractivity contribution in [3.05, 3.63) is 45.5 Å². The van der Waals surface area contributed by atoms with Crippen LogP contribution in [0, 0.1) is 10.5 Å². The molecule has 0 aromatic heterocycles. The first-order valence-electron chi connectivity index (χ1n) is 7.97. The third-order valence-electron chi connectivity index (χ3n) is 3.57. The molecule has 0 unspecified atom stereocenters. The van der Waals surface area contributed by atoms with Crippen molar-refractivity contribution in [1.29, 1.82) is 0 Å². The van der Waals surface area contributed by atoms with E-state index in [0.717, 1.165) is 21.1 Å². The minimum Gasteiger partial charge on any atom is -0.494 e. The van der Waals surface area contributed by atoms with E-state index in [1.165, 1.54) is 6.07 Å². The summed E-state index contributed by atoms with van der Waals surface area (Å²) in [5.41, 5.74) is 2.06. The molecule has 26 heavy (non-hydrogen) atoms. The molecule has 0 aliphatic rings. The van der Waals surface area contributed by atoms with Crippen molar-refractivity contribution in [2.75, 3.05) is 30.0 Å². The van der Waals surface area contributed by atoms with Gasteiger partial charge in [0.1, 0.15) is 5.75 Å². The molecule has 0 saturated heterocycles. The van der Waals surface area contributed by atoms with Gasteiger partial charge in [0, 0.05) is 21.6 Å². The largest absolute Gasteiger partial charge is 0.494 e. The Morgan fingerprint density at radius 2 is 1.85 bits per heavy atom. The molecule has 6 nitrogen and oxygen atoms in total. The number of rotatable bonds is 7. The predicted octanol–water partition coefficient (Wildman–Crippen LogP) is 3.45. The van der Waals surface area contributed by atoms with Gasteiger partial charge >= 0.3 is 0 Å². The van der Waals surface area contributed by atoms with Gasteiger partial charge in [-0.1, -0.05) is 0 Å². The fourth-order valence-electron chi connectivity index (χ4n) is 2.35. The first kappa shape index (κ1) is 20.5. The monoisotopic (exact) mass is 488 g/mol. The quantitative estimate of drug-likeness (QED) is 0.584. The number of nitrogens with one attached hydrogen (secondary N) is 2. The summed E-state index contributed by atoms with van der Waals surface area (Å²) >= 11 is 2.21. The minimum absolute atomic E-state index is 0.0536. The second-order valence-electron chi connectivity index (χ2n) is 5.72. The van der Waals surface area contributed by atoms with Gasteiger partial charge in [-0.2, -0.15) is 0 Å². The van der Waals surface area contributed by atoms with Crippen LogP contribution in [-0.4, -0.2) is 33.7 Å². The molecule has 140 valence electrons. The molecule has 2 rings (SSSR count). The van der Waals surface area contributed by atoms with Gasteiger partial charge in [0.15, 0.2) is 9.84 Å². The van der Waals surface area contributed by atoms with Crippen LogP contribution >= 0.6 is 22.6 Å². The Bertz CT molecular complexity index is 913. The van der Waals surface area contributed by atoms with Crippen molar-refractivity contribution in [2.45, 2.75) is 18.7 Å². The number of carbonyl (C=O) groups is 1. The normalized spacial score (nSPS) is 11.1. The SMILES string of the molecule is CCOc1ccc(NCC(=O)Nc2ccc(I)cc2C)c(S(C)(=O)=O)c1. The average Bonchev–Trinajstić information content (AvgIpc) is 2.55. The van der Waals surface area contributed by atoms with Crippen molar-refractivity contribution in [1.82, 2.24) is 0 Å². The van der Waals surface area contributed by atoms with Gasteiger partial charge in [-0.05, 0) is 72.3 Å². The Hall–Kier alpha value is -1.81. The van der Waals surface area contributed by atoms with E-state index in [0.29, 0.717) is 18.0 Å². The number of aryl methyl sites for hydroxylation is 1. The number of sulfone groups is 1. The number of hydrogen-bond acceptors (Lipinski definition) is 5. The highest BCUT2D eigenvalue weighted by Crippen LogP contribution is 2.26. The summed E-state index contributed by atoms with van der Waals surface area (Å²) in [5, 5.41) is 5.71. The van der Waals surface area contributed by atoms with Gasteiger partial charge in [-0.3, -0.25) is 4.79 Å². The van der Waals surface area contributed by atoms with Gasteiger partial charge in [0.25, 0.3) is 0 Å². The molecule has 2 aromatic rings. The van der Waals surface area contributed by atoms with Crippen molar-refractivity contribution >= 4 is 49.7 Å². The lowest BCUT2D eigenvalue weighted by Crippen LogP contribution is -2.23. The molecule has 0 fully saturated rings. The van der Waals surface area contributed by atoms with Crippen LogP contribution in [0.5, 0.6) is 5.75 Å². The predicted molar refractivity (Wildman–Crippen MR) is 112 cm³/mol. The summed E-state index contributed by atoms with van der Waals surface area (Å²) in [7, 11) is -3.47. The Kier molecular flexibility index (Phi) is 6.87. The van der Waals surface area contributed by atoms with Crippen LogP contribution in [0.15, 0.2) is 41.3 Å². The molecule has 2 aromatic carbocycles. The maximum Gasteiger partial charge on any atom is 0.243 e. The van der Waals surface area contributed by atoms with Crippen LogP contribution in [0.25, 0.3) is 0 Å². The van der Waals surface area contributed by atoms with Gasteiger partial charge in [0.05, 0.1) is 23.7 Å². The van der Waals surface area contributed by atoms with Crippen LogP contribution in [0.4, 0.5) is 11.4 Å². The van der Waals surface area contributed by atoms with E-state index in [1.54, 1.807) is 12.1 Å². The fourth-order valence-corrected chi connectivity index (χ4v) is 3.87. The lowest BCUT2D eigenvalue weighted by Gasteiger charge is -2.14. The lowest BCUT2D eigenvalue weighted by molar-refractivity contribution is -0.114. The molecule has 8 heteroatoms. The summed E-state index contributed by atoms with van der Waals surface area (Å²) in [4.78, 5) is 12.3. The molecule has 0 bridgehead atoms. The van der Waals surface area contributed by atoms with E-state index in [1.807, 2.05) is 32.0 Å². The third kappa shape index (κ3) is 5.60. The highest BCUT2D eigenvalue weighted by molar-refractivity contribution is 14.1. The second-order valence-corrected chi connectivity index (χ2v) is 8.95. The highest BCUT2D eigenvalue weighted by atomic mass is 127. The summed E-state index contributed by atoms with van der Waals surface area (Å²) in [6.07, 6.45) is 1.12. The van der Waals surface area contributed by atoms with E-state index in [4.69, 9.17) is 4.74 Å². The summed E-state index contributed by atoms with van der Waals surface area (Å²) in [6.45, 7) is 4.12. The number of hydrogen-bond donors (Lipinski definition) is 2. The highest BCUT2D eigenvalue weighted by Gasteiger charge is 2.16. The van der Waals surface area contributed by atoms with Crippen LogP contribution in [0.2, 0.25) is 0 Å². The van der Waals surface area contributed by atoms with Gasteiger partial charge in [-0.15, -0.1) is 0 Å². The van der Waals surface area contributed by atoms with E-state index < -0.39 is 9.84 Å². The summed E-state index contributed by atoms with van der Waals surface area (Å²) in [5.74, 6) is 0.208. The fraction of sp³-hybridized carbons (Fsp3) is 0.278. The lowest BCUT2D eigenvalue weighted by atomic mass is 10.2. The van der Waals surface area contributed by atoms with Gasteiger partial charge in [0.2, 0.25) is 5.91 Å². The molecule has 1 amide bonds. The first-order valence-corrected chi connectivity index (χ1v) is 10.9. The zero-order valence-corrected chi connectivity index (χ0v) is 17.8. The van der Waals surface area contributed by atoms with Gasteiger partial charge in [-0.25, -0.2) is 8.42 Å². The molecule has 0 aliphatic carbocycles. The van der Waals surface area contributed by atoms with E-state index in [2.05, 4.69) is 33.2 Å². The summed E-state index contributed by atoms with van der Waals surface area (Å²) in [6, 6.07) is 10.4.